The molecule has 0 spiro atoms. The summed E-state index contributed by atoms with van der Waals surface area (Å²) in [5.41, 5.74) is 1.64. The topological polar surface area (TPSA) is 94.9 Å². The summed E-state index contributed by atoms with van der Waals surface area (Å²) in [6.07, 6.45) is 8.71. The molecule has 1 aliphatic heterocycles. The summed E-state index contributed by atoms with van der Waals surface area (Å²) in [5, 5.41) is 7.45. The predicted octanol–water partition coefficient (Wildman–Crippen LogP) is 6.18. The Morgan fingerprint density at radius 1 is 1.11 bits per heavy atom. The third-order valence-corrected chi connectivity index (χ3v) is 6.07. The second-order valence-electron chi connectivity index (χ2n) is 8.58. The molecule has 0 fully saturated rings. The largest absolute Gasteiger partial charge is 0.490 e. The maximum Gasteiger partial charge on any atom is 0.255 e. The van der Waals surface area contributed by atoms with Crippen LogP contribution in [0.1, 0.15) is 49.0 Å². The number of amides is 1. The van der Waals surface area contributed by atoms with Gasteiger partial charge in [0, 0.05) is 42.3 Å². The van der Waals surface area contributed by atoms with Gasteiger partial charge in [-0.1, -0.05) is 41.7 Å². The monoisotopic (exact) mass is 528 g/mol. The number of nitrogens with zero attached hydrogens (tertiary/aromatic N) is 3. The van der Waals surface area contributed by atoms with E-state index in [1.807, 2.05) is 19.1 Å². The molecule has 1 N–H and O–H groups in total. The molecule has 3 heterocycles. The zero-order chi connectivity index (χ0) is 25.5. The summed E-state index contributed by atoms with van der Waals surface area (Å²) in [5.74, 6) is 0.556. The number of nitrogens with one attached hydrogen (secondary N) is 1. The summed E-state index contributed by atoms with van der Waals surface area (Å²) in [6, 6.07) is 8.79. The molecule has 10 heteroatoms. The number of anilines is 1. The van der Waals surface area contributed by atoms with E-state index >= 15 is 0 Å². The number of carbonyl (C=O) groups excluding carboxylic acids is 1. The number of ether oxygens (including phenoxy) is 2. The molecule has 1 aromatic carbocycles. The Bertz CT molecular complexity index is 1240. The fraction of sp³-hybridized carbons (Fsp3) is 0.308. The van der Waals surface area contributed by atoms with Crippen molar-refractivity contribution in [3.63, 3.8) is 0 Å². The van der Waals surface area contributed by atoms with Gasteiger partial charge in [0.2, 0.25) is 0 Å². The lowest BCUT2D eigenvalue weighted by molar-refractivity contribution is -0.0362. The lowest BCUT2D eigenvalue weighted by Crippen LogP contribution is -2.33. The number of halogens is 2. The standard InChI is InChI=1S/C26H26Cl2N4O4/c1-3-4-10-34-22-8-7-17(25(33)31-24-19(27)14-30-15-20(24)28)11-23(22)35-16-26(2)12-21(32-36-26)18-6-5-9-29-13-18/h5-9,11,13-15H,3-4,10,12,16H2,1-2H3,(H,30,31,33). The van der Waals surface area contributed by atoms with Crippen molar-refractivity contribution in [2.24, 2.45) is 5.16 Å². The van der Waals surface area contributed by atoms with Crippen LogP contribution in [-0.2, 0) is 4.84 Å². The van der Waals surface area contributed by atoms with Crippen LogP contribution in [-0.4, -0.2) is 40.4 Å². The second-order valence-corrected chi connectivity index (χ2v) is 9.40. The average Bonchev–Trinajstić information content (AvgIpc) is 3.28. The molecule has 0 aliphatic carbocycles. The first-order chi connectivity index (χ1) is 17.4. The van der Waals surface area contributed by atoms with Crippen LogP contribution >= 0.6 is 23.2 Å². The summed E-state index contributed by atoms with van der Waals surface area (Å²) < 4.78 is 12.1. The predicted molar refractivity (Wildman–Crippen MR) is 139 cm³/mol. The quantitative estimate of drug-likeness (QED) is 0.316. The van der Waals surface area contributed by atoms with Gasteiger partial charge in [-0.15, -0.1) is 0 Å². The first-order valence-corrected chi connectivity index (χ1v) is 12.3. The minimum Gasteiger partial charge on any atom is -0.490 e. The van der Waals surface area contributed by atoms with Crippen molar-refractivity contribution in [1.29, 1.82) is 0 Å². The number of hydrogen-bond donors (Lipinski definition) is 1. The minimum atomic E-state index is -0.692. The highest BCUT2D eigenvalue weighted by atomic mass is 35.5. The van der Waals surface area contributed by atoms with Crippen molar-refractivity contribution < 1.29 is 19.1 Å². The molecule has 3 aromatic rings. The summed E-state index contributed by atoms with van der Waals surface area (Å²) in [6.45, 7) is 4.73. The van der Waals surface area contributed by atoms with Gasteiger partial charge >= 0.3 is 0 Å². The number of aromatic nitrogens is 2. The van der Waals surface area contributed by atoms with Crippen LogP contribution in [0.25, 0.3) is 0 Å². The zero-order valence-electron chi connectivity index (χ0n) is 20.0. The molecule has 0 bridgehead atoms. The Hall–Kier alpha value is -3.36. The van der Waals surface area contributed by atoms with Gasteiger partial charge in [-0.05, 0) is 43.7 Å². The number of oxime groups is 1. The molecule has 2 aromatic heterocycles. The lowest BCUT2D eigenvalue weighted by Gasteiger charge is -2.23. The highest BCUT2D eigenvalue weighted by Gasteiger charge is 2.36. The highest BCUT2D eigenvalue weighted by molar-refractivity contribution is 6.39. The molecule has 1 atom stereocenters. The van der Waals surface area contributed by atoms with E-state index in [-0.39, 0.29) is 22.3 Å². The molecular formula is C26H26Cl2N4O4. The van der Waals surface area contributed by atoms with E-state index in [2.05, 4.69) is 27.4 Å². The van der Waals surface area contributed by atoms with E-state index in [1.54, 1.807) is 30.6 Å². The van der Waals surface area contributed by atoms with Gasteiger partial charge in [0.1, 0.15) is 6.61 Å². The molecular weight excluding hydrogens is 503 g/mol. The van der Waals surface area contributed by atoms with Crippen LogP contribution in [0, 0.1) is 0 Å². The van der Waals surface area contributed by atoms with Crippen LogP contribution in [0.4, 0.5) is 5.69 Å². The van der Waals surface area contributed by atoms with E-state index in [1.165, 1.54) is 12.4 Å². The molecule has 8 nitrogen and oxygen atoms in total. The Morgan fingerprint density at radius 3 is 2.64 bits per heavy atom. The van der Waals surface area contributed by atoms with E-state index in [4.69, 9.17) is 37.5 Å². The SMILES string of the molecule is CCCCOc1ccc(C(=O)Nc2c(Cl)cncc2Cl)cc1OCC1(C)CC(c2cccnc2)=NO1. The minimum absolute atomic E-state index is 0.192. The van der Waals surface area contributed by atoms with E-state index in [0.29, 0.717) is 30.1 Å². The van der Waals surface area contributed by atoms with E-state index in [0.717, 1.165) is 24.1 Å². The molecule has 0 saturated carbocycles. The Kier molecular flexibility index (Phi) is 8.28. The van der Waals surface area contributed by atoms with Gasteiger partial charge in [-0.3, -0.25) is 14.8 Å². The maximum absolute atomic E-state index is 13.0. The number of pyridine rings is 2. The van der Waals surface area contributed by atoms with Crippen molar-refractivity contribution in [2.75, 3.05) is 18.5 Å². The molecule has 0 saturated heterocycles. The summed E-state index contributed by atoms with van der Waals surface area (Å²) in [7, 11) is 0. The molecule has 1 aliphatic rings. The molecule has 1 unspecified atom stereocenters. The highest BCUT2D eigenvalue weighted by Crippen LogP contribution is 2.34. The van der Waals surface area contributed by atoms with Gasteiger partial charge in [-0.25, -0.2) is 0 Å². The normalized spacial score (nSPS) is 16.7. The van der Waals surface area contributed by atoms with Crippen LogP contribution < -0.4 is 14.8 Å². The Labute approximate surface area is 219 Å². The first kappa shape index (κ1) is 25.7. The number of unbranched alkanes of at least 4 members (excludes halogenated alkanes) is 1. The van der Waals surface area contributed by atoms with Gasteiger partial charge in [0.05, 0.1) is 28.1 Å². The average molecular weight is 529 g/mol. The maximum atomic E-state index is 13.0. The molecule has 36 heavy (non-hydrogen) atoms. The van der Waals surface area contributed by atoms with E-state index in [9.17, 15) is 4.79 Å². The van der Waals surface area contributed by atoms with Gasteiger partial charge < -0.3 is 19.6 Å². The third kappa shape index (κ3) is 6.25. The summed E-state index contributed by atoms with van der Waals surface area (Å²) in [4.78, 5) is 26.7. The van der Waals surface area contributed by atoms with Crippen molar-refractivity contribution >= 4 is 40.5 Å². The third-order valence-electron chi connectivity index (χ3n) is 5.50. The zero-order valence-corrected chi connectivity index (χ0v) is 21.5. The van der Waals surface area contributed by atoms with Gasteiger partial charge in [0.25, 0.3) is 5.91 Å². The Balaban J connectivity index is 1.50. The van der Waals surface area contributed by atoms with Gasteiger partial charge in [-0.2, -0.15) is 0 Å². The van der Waals surface area contributed by atoms with Crippen molar-refractivity contribution in [3.05, 3.63) is 76.3 Å². The molecule has 1 amide bonds. The smallest absolute Gasteiger partial charge is 0.255 e. The van der Waals surface area contributed by atoms with Gasteiger partial charge in [0.15, 0.2) is 17.1 Å². The molecule has 4 rings (SSSR count). The van der Waals surface area contributed by atoms with Crippen LogP contribution in [0.2, 0.25) is 10.0 Å². The van der Waals surface area contributed by atoms with E-state index < -0.39 is 11.5 Å². The Morgan fingerprint density at radius 2 is 1.92 bits per heavy atom. The first-order valence-electron chi connectivity index (χ1n) is 11.5. The molecule has 188 valence electrons. The number of benzene rings is 1. The molecule has 0 radical (unpaired) electrons. The van der Waals surface area contributed by atoms with Crippen LogP contribution in [0.15, 0.2) is 60.3 Å². The van der Waals surface area contributed by atoms with Crippen molar-refractivity contribution in [3.8, 4) is 11.5 Å². The fourth-order valence-electron chi connectivity index (χ4n) is 3.50. The second kappa shape index (κ2) is 11.6. The van der Waals surface area contributed by atoms with Crippen molar-refractivity contribution in [1.82, 2.24) is 9.97 Å². The van der Waals surface area contributed by atoms with Crippen LogP contribution in [0.5, 0.6) is 11.5 Å². The fourth-order valence-corrected chi connectivity index (χ4v) is 3.96. The van der Waals surface area contributed by atoms with Crippen LogP contribution in [0.3, 0.4) is 0 Å². The summed E-state index contributed by atoms with van der Waals surface area (Å²) >= 11 is 12.3. The number of rotatable bonds is 10. The van der Waals surface area contributed by atoms with Crippen molar-refractivity contribution in [2.45, 2.75) is 38.7 Å². The number of carbonyl (C=O) groups is 1. The lowest BCUT2D eigenvalue weighted by atomic mass is 9.97. The number of hydrogen-bond acceptors (Lipinski definition) is 7.